The third kappa shape index (κ3) is 4.09. The van der Waals surface area contributed by atoms with Gasteiger partial charge in [-0.3, -0.25) is 4.90 Å². The summed E-state index contributed by atoms with van der Waals surface area (Å²) in [5.74, 6) is 1.34. The fourth-order valence-electron chi connectivity index (χ4n) is 2.66. The van der Waals surface area contributed by atoms with Crippen molar-refractivity contribution in [3.8, 4) is 11.5 Å². The van der Waals surface area contributed by atoms with Crippen molar-refractivity contribution in [3.63, 3.8) is 0 Å². The molecule has 0 spiro atoms. The molecule has 5 heteroatoms. The molecule has 0 radical (unpaired) electrons. The van der Waals surface area contributed by atoms with Crippen LogP contribution in [0.5, 0.6) is 11.5 Å². The van der Waals surface area contributed by atoms with Crippen LogP contribution >= 0.6 is 0 Å². The molecule has 0 bridgehead atoms. The Morgan fingerprint density at radius 2 is 1.95 bits per heavy atom. The van der Waals surface area contributed by atoms with Gasteiger partial charge in [0.15, 0.2) is 0 Å². The van der Waals surface area contributed by atoms with E-state index in [1.807, 2.05) is 12.1 Å². The van der Waals surface area contributed by atoms with E-state index in [0.717, 1.165) is 31.6 Å². The van der Waals surface area contributed by atoms with Crippen LogP contribution < -0.4 is 9.47 Å². The van der Waals surface area contributed by atoms with E-state index in [2.05, 4.69) is 11.8 Å². The maximum atomic E-state index is 10.6. The minimum Gasteiger partial charge on any atom is -0.497 e. The average Bonchev–Trinajstić information content (AvgIpc) is 2.54. The molecule has 1 fully saturated rings. The maximum absolute atomic E-state index is 10.6. The van der Waals surface area contributed by atoms with Crippen molar-refractivity contribution < 1.29 is 19.3 Å². The van der Waals surface area contributed by atoms with Gasteiger partial charge >= 0.3 is 0 Å². The lowest BCUT2D eigenvalue weighted by atomic mass is 10.0. The molecule has 118 valence electrons. The van der Waals surface area contributed by atoms with Gasteiger partial charge in [0.05, 0.1) is 20.8 Å². The van der Waals surface area contributed by atoms with Crippen molar-refractivity contribution in [1.82, 2.24) is 4.90 Å². The molecule has 1 saturated heterocycles. The number of rotatable bonds is 6. The highest BCUT2D eigenvalue weighted by Gasteiger charge is 2.28. The molecule has 5 nitrogen and oxygen atoms in total. The van der Waals surface area contributed by atoms with Crippen LogP contribution in [0.4, 0.5) is 0 Å². The Bertz CT molecular complexity index is 428. The molecular formula is C16H25NO4. The average molecular weight is 295 g/mol. The van der Waals surface area contributed by atoms with E-state index < -0.39 is 6.10 Å². The van der Waals surface area contributed by atoms with E-state index in [1.54, 1.807) is 20.3 Å². The number of nitrogens with zero attached hydrogens (tertiary/aromatic N) is 1. The zero-order valence-corrected chi connectivity index (χ0v) is 13.0. The van der Waals surface area contributed by atoms with Crippen molar-refractivity contribution in [3.05, 3.63) is 23.8 Å². The lowest BCUT2D eigenvalue weighted by Gasteiger charge is -2.35. The van der Waals surface area contributed by atoms with Gasteiger partial charge in [0, 0.05) is 19.2 Å². The molecule has 2 unspecified atom stereocenters. The predicted molar refractivity (Wildman–Crippen MR) is 81.0 cm³/mol. The molecule has 1 aliphatic rings. The monoisotopic (exact) mass is 295 g/mol. The molecule has 0 aliphatic carbocycles. The Hall–Kier alpha value is -1.30. The smallest absolute Gasteiger partial charge is 0.122 e. The van der Waals surface area contributed by atoms with Gasteiger partial charge in [-0.1, -0.05) is 6.92 Å². The number of hydrogen-bond acceptors (Lipinski definition) is 5. The first kappa shape index (κ1) is 16.1. The SMILES string of the molecule is CCCN1CCOC(C(O)c2cc(OC)cc(OC)c2)C1. The van der Waals surface area contributed by atoms with E-state index in [0.29, 0.717) is 18.1 Å². The molecule has 0 saturated carbocycles. The first-order chi connectivity index (χ1) is 10.2. The van der Waals surface area contributed by atoms with Gasteiger partial charge in [-0.15, -0.1) is 0 Å². The lowest BCUT2D eigenvalue weighted by Crippen LogP contribution is -2.45. The number of benzene rings is 1. The number of aliphatic hydroxyl groups excluding tert-OH is 1. The topological polar surface area (TPSA) is 51.2 Å². The molecule has 1 N–H and O–H groups in total. The molecule has 1 aromatic carbocycles. The summed E-state index contributed by atoms with van der Waals surface area (Å²) >= 11 is 0. The summed E-state index contributed by atoms with van der Waals surface area (Å²) < 4.78 is 16.2. The second kappa shape index (κ2) is 7.64. The zero-order chi connectivity index (χ0) is 15.2. The highest BCUT2D eigenvalue weighted by molar-refractivity contribution is 5.39. The number of aliphatic hydroxyl groups is 1. The molecule has 2 rings (SSSR count). The van der Waals surface area contributed by atoms with Crippen LogP contribution in [-0.4, -0.2) is 56.6 Å². The Kier molecular flexibility index (Phi) is 5.85. The maximum Gasteiger partial charge on any atom is 0.122 e. The summed E-state index contributed by atoms with van der Waals surface area (Å²) in [6.45, 7) is 5.53. The summed E-state index contributed by atoms with van der Waals surface area (Å²) in [5.41, 5.74) is 0.759. The molecule has 2 atom stereocenters. The van der Waals surface area contributed by atoms with Crippen molar-refractivity contribution in [2.75, 3.05) is 40.5 Å². The quantitative estimate of drug-likeness (QED) is 0.868. The van der Waals surface area contributed by atoms with Gasteiger partial charge in [-0.2, -0.15) is 0 Å². The minimum absolute atomic E-state index is 0.220. The molecule has 1 aliphatic heterocycles. The molecular weight excluding hydrogens is 270 g/mol. The van der Waals surface area contributed by atoms with Crippen molar-refractivity contribution in [1.29, 1.82) is 0 Å². The van der Waals surface area contributed by atoms with Gasteiger partial charge in [0.25, 0.3) is 0 Å². The van der Waals surface area contributed by atoms with Gasteiger partial charge in [0.2, 0.25) is 0 Å². The first-order valence-electron chi connectivity index (χ1n) is 7.43. The van der Waals surface area contributed by atoms with Crippen molar-refractivity contribution in [2.24, 2.45) is 0 Å². The van der Waals surface area contributed by atoms with Gasteiger partial charge < -0.3 is 19.3 Å². The van der Waals surface area contributed by atoms with Gasteiger partial charge in [-0.25, -0.2) is 0 Å². The third-order valence-electron chi connectivity index (χ3n) is 3.78. The van der Waals surface area contributed by atoms with Gasteiger partial charge in [0.1, 0.15) is 23.7 Å². The predicted octanol–water partition coefficient (Wildman–Crippen LogP) is 1.85. The number of methoxy groups -OCH3 is 2. The van der Waals surface area contributed by atoms with E-state index >= 15 is 0 Å². The van der Waals surface area contributed by atoms with E-state index in [4.69, 9.17) is 14.2 Å². The lowest BCUT2D eigenvalue weighted by molar-refractivity contribution is -0.0899. The summed E-state index contributed by atoms with van der Waals surface area (Å²) in [6, 6.07) is 5.45. The summed E-state index contributed by atoms with van der Waals surface area (Å²) in [5, 5.41) is 10.6. The van der Waals surface area contributed by atoms with Gasteiger partial charge in [-0.05, 0) is 30.7 Å². The standard InChI is InChI=1S/C16H25NO4/c1-4-5-17-6-7-21-15(11-17)16(18)12-8-13(19-2)10-14(9-12)20-3/h8-10,15-16,18H,4-7,11H2,1-3H3. The van der Waals surface area contributed by atoms with Crippen molar-refractivity contribution >= 4 is 0 Å². The second-order valence-electron chi connectivity index (χ2n) is 5.30. The largest absolute Gasteiger partial charge is 0.497 e. The second-order valence-corrected chi connectivity index (χ2v) is 5.30. The van der Waals surface area contributed by atoms with Crippen LogP contribution in [0.25, 0.3) is 0 Å². The third-order valence-corrected chi connectivity index (χ3v) is 3.78. The van der Waals surface area contributed by atoms with Crippen LogP contribution in [-0.2, 0) is 4.74 Å². The van der Waals surface area contributed by atoms with E-state index in [-0.39, 0.29) is 6.10 Å². The van der Waals surface area contributed by atoms with Crippen LogP contribution in [0.15, 0.2) is 18.2 Å². The summed E-state index contributed by atoms with van der Waals surface area (Å²) in [6.07, 6.45) is 0.200. The molecule has 0 aromatic heterocycles. The Morgan fingerprint density at radius 1 is 1.29 bits per heavy atom. The summed E-state index contributed by atoms with van der Waals surface area (Å²) in [7, 11) is 3.20. The van der Waals surface area contributed by atoms with Crippen LogP contribution in [0.2, 0.25) is 0 Å². The number of hydrogen-bond donors (Lipinski definition) is 1. The summed E-state index contributed by atoms with van der Waals surface area (Å²) in [4.78, 5) is 2.33. The minimum atomic E-state index is -0.686. The van der Waals surface area contributed by atoms with E-state index in [1.165, 1.54) is 0 Å². The zero-order valence-electron chi connectivity index (χ0n) is 13.0. The Labute approximate surface area is 126 Å². The highest BCUT2D eigenvalue weighted by atomic mass is 16.5. The molecule has 0 amide bonds. The fourth-order valence-corrected chi connectivity index (χ4v) is 2.66. The molecule has 21 heavy (non-hydrogen) atoms. The Balaban J connectivity index is 2.13. The van der Waals surface area contributed by atoms with Crippen LogP contribution in [0, 0.1) is 0 Å². The normalized spacial score (nSPS) is 21.0. The highest BCUT2D eigenvalue weighted by Crippen LogP contribution is 2.29. The van der Waals surface area contributed by atoms with E-state index in [9.17, 15) is 5.11 Å². The fraction of sp³-hybridized carbons (Fsp3) is 0.625. The first-order valence-corrected chi connectivity index (χ1v) is 7.43. The molecule has 1 aromatic rings. The van der Waals surface area contributed by atoms with Crippen LogP contribution in [0.3, 0.4) is 0 Å². The number of ether oxygens (including phenoxy) is 3. The molecule has 1 heterocycles. The Morgan fingerprint density at radius 3 is 2.52 bits per heavy atom. The number of morpholine rings is 1. The van der Waals surface area contributed by atoms with Crippen molar-refractivity contribution in [2.45, 2.75) is 25.6 Å². The van der Waals surface area contributed by atoms with Crippen LogP contribution in [0.1, 0.15) is 25.0 Å².